The molecule has 13 heteroatoms. The molecule has 0 aliphatic heterocycles. The van der Waals surface area contributed by atoms with E-state index in [2.05, 4.69) is 20.2 Å². The quantitative estimate of drug-likeness (QED) is 0.605. The van der Waals surface area contributed by atoms with Gasteiger partial charge < -0.3 is 5.32 Å². The molecule has 1 aromatic heterocycles. The number of aromatic nitrogens is 4. The molecular formula is C17H15F3N6O3S. The third-order valence-electron chi connectivity index (χ3n) is 3.87. The van der Waals surface area contributed by atoms with E-state index < -0.39 is 28.7 Å². The van der Waals surface area contributed by atoms with Crippen molar-refractivity contribution in [3.05, 3.63) is 54.1 Å². The number of carbonyl (C=O) groups is 1. The van der Waals surface area contributed by atoms with Crippen LogP contribution >= 0.6 is 0 Å². The van der Waals surface area contributed by atoms with Gasteiger partial charge in [-0.05, 0) is 46.8 Å². The van der Waals surface area contributed by atoms with Gasteiger partial charge in [0.1, 0.15) is 6.54 Å². The zero-order chi connectivity index (χ0) is 21.9. The standard InChI is InChI=1S/C17H15F3N6O3S/c1-26-15(22-24-25-26)12-3-2-4-13(9-12)23-30(28,29)14-7-5-11(6-8-14)16(27)21-10-17(18,19)20/h2-9,23H,10H2,1H3,(H,21,27). The van der Waals surface area contributed by atoms with Crippen LogP contribution < -0.4 is 10.0 Å². The Morgan fingerprint density at radius 3 is 2.43 bits per heavy atom. The van der Waals surface area contributed by atoms with Crippen LogP contribution in [0.3, 0.4) is 0 Å². The Morgan fingerprint density at radius 2 is 1.83 bits per heavy atom. The second kappa shape index (κ2) is 8.10. The number of aryl methyl sites for hydroxylation is 1. The molecular weight excluding hydrogens is 425 g/mol. The third-order valence-corrected chi connectivity index (χ3v) is 5.27. The number of rotatable bonds is 6. The molecule has 0 aliphatic carbocycles. The average Bonchev–Trinajstić information content (AvgIpc) is 3.11. The lowest BCUT2D eigenvalue weighted by atomic mass is 10.2. The molecule has 0 spiro atoms. The minimum Gasteiger partial charge on any atom is -0.343 e. The van der Waals surface area contributed by atoms with Crippen molar-refractivity contribution in [1.29, 1.82) is 0 Å². The van der Waals surface area contributed by atoms with Crippen LogP contribution in [0.4, 0.5) is 18.9 Å². The van der Waals surface area contributed by atoms with E-state index in [9.17, 15) is 26.4 Å². The van der Waals surface area contributed by atoms with Crippen LogP contribution in [-0.2, 0) is 17.1 Å². The van der Waals surface area contributed by atoms with Gasteiger partial charge in [0.05, 0.1) is 4.90 Å². The van der Waals surface area contributed by atoms with Crippen LogP contribution in [0.2, 0.25) is 0 Å². The van der Waals surface area contributed by atoms with E-state index in [1.165, 1.54) is 10.7 Å². The van der Waals surface area contributed by atoms with Gasteiger partial charge in [-0.2, -0.15) is 13.2 Å². The summed E-state index contributed by atoms with van der Waals surface area (Å²) in [5, 5.41) is 12.8. The fourth-order valence-electron chi connectivity index (χ4n) is 2.48. The molecule has 3 rings (SSSR count). The number of hydrogen-bond acceptors (Lipinski definition) is 6. The van der Waals surface area contributed by atoms with E-state index in [0.717, 1.165) is 24.3 Å². The number of anilines is 1. The molecule has 2 aromatic carbocycles. The molecule has 0 aliphatic rings. The predicted molar refractivity (Wildman–Crippen MR) is 99.9 cm³/mol. The molecule has 0 unspecified atom stereocenters. The fraction of sp³-hybridized carbons (Fsp3) is 0.176. The van der Waals surface area contributed by atoms with Crippen LogP contribution in [0.25, 0.3) is 11.4 Å². The summed E-state index contributed by atoms with van der Waals surface area (Å²) in [5.41, 5.74) is 0.733. The number of amides is 1. The number of sulfonamides is 1. The molecule has 0 radical (unpaired) electrons. The zero-order valence-electron chi connectivity index (χ0n) is 15.4. The van der Waals surface area contributed by atoms with Gasteiger partial charge in [-0.25, -0.2) is 13.1 Å². The highest BCUT2D eigenvalue weighted by atomic mass is 32.2. The Kier molecular flexibility index (Phi) is 5.73. The maximum Gasteiger partial charge on any atom is 0.405 e. The minimum atomic E-state index is -4.54. The largest absolute Gasteiger partial charge is 0.405 e. The molecule has 158 valence electrons. The summed E-state index contributed by atoms with van der Waals surface area (Å²) in [5.74, 6) is -0.528. The van der Waals surface area contributed by atoms with E-state index >= 15 is 0 Å². The number of nitrogens with zero attached hydrogens (tertiary/aromatic N) is 4. The summed E-state index contributed by atoms with van der Waals surface area (Å²) < 4.78 is 65.6. The lowest BCUT2D eigenvalue weighted by Gasteiger charge is -2.11. The first kappa shape index (κ1) is 21.2. The van der Waals surface area contributed by atoms with E-state index in [4.69, 9.17) is 0 Å². The molecule has 30 heavy (non-hydrogen) atoms. The number of halogens is 3. The van der Waals surface area contributed by atoms with Gasteiger partial charge >= 0.3 is 6.18 Å². The lowest BCUT2D eigenvalue weighted by molar-refractivity contribution is -0.123. The summed E-state index contributed by atoms with van der Waals surface area (Å²) in [6.45, 7) is -1.48. The molecule has 9 nitrogen and oxygen atoms in total. The summed E-state index contributed by atoms with van der Waals surface area (Å²) >= 11 is 0. The maximum absolute atomic E-state index is 12.6. The molecule has 1 heterocycles. The number of hydrogen-bond donors (Lipinski definition) is 2. The summed E-state index contributed by atoms with van der Waals surface area (Å²) in [6.07, 6.45) is -4.54. The van der Waals surface area contributed by atoms with Gasteiger partial charge in [-0.15, -0.1) is 5.10 Å². The second-order valence-corrected chi connectivity index (χ2v) is 7.82. The SMILES string of the molecule is Cn1nnnc1-c1cccc(NS(=O)(=O)c2ccc(C(=O)NCC(F)(F)F)cc2)c1. The highest BCUT2D eigenvalue weighted by Crippen LogP contribution is 2.22. The smallest absolute Gasteiger partial charge is 0.343 e. The highest BCUT2D eigenvalue weighted by Gasteiger charge is 2.28. The van der Waals surface area contributed by atoms with Gasteiger partial charge in [0.2, 0.25) is 0 Å². The minimum absolute atomic E-state index is 0.102. The summed E-state index contributed by atoms with van der Waals surface area (Å²) in [4.78, 5) is 11.6. The van der Waals surface area contributed by atoms with E-state index in [-0.39, 0.29) is 16.1 Å². The first-order valence-corrected chi connectivity index (χ1v) is 9.84. The van der Waals surface area contributed by atoms with Crippen LogP contribution in [0.15, 0.2) is 53.4 Å². The second-order valence-electron chi connectivity index (χ2n) is 6.13. The van der Waals surface area contributed by atoms with Crippen molar-refractivity contribution in [3.63, 3.8) is 0 Å². The zero-order valence-corrected chi connectivity index (χ0v) is 16.2. The summed E-state index contributed by atoms with van der Waals surface area (Å²) in [7, 11) is -2.37. The Labute approximate surface area is 169 Å². The number of benzene rings is 2. The van der Waals surface area contributed by atoms with Crippen molar-refractivity contribution in [2.24, 2.45) is 7.05 Å². The Morgan fingerprint density at radius 1 is 1.13 bits per heavy atom. The number of tetrazole rings is 1. The monoisotopic (exact) mass is 440 g/mol. The average molecular weight is 440 g/mol. The predicted octanol–water partition coefficient (Wildman–Crippen LogP) is 1.97. The fourth-order valence-corrected chi connectivity index (χ4v) is 3.53. The van der Waals surface area contributed by atoms with Crippen LogP contribution in [0.5, 0.6) is 0 Å². The topological polar surface area (TPSA) is 119 Å². The Hall–Kier alpha value is -3.48. The van der Waals surface area contributed by atoms with E-state index in [1.807, 2.05) is 0 Å². The molecule has 1 amide bonds. The van der Waals surface area contributed by atoms with E-state index in [1.54, 1.807) is 30.6 Å². The molecule has 0 saturated heterocycles. The van der Waals surface area contributed by atoms with Crippen molar-refractivity contribution in [3.8, 4) is 11.4 Å². The highest BCUT2D eigenvalue weighted by molar-refractivity contribution is 7.92. The molecule has 0 atom stereocenters. The first-order chi connectivity index (χ1) is 14.0. The number of nitrogens with one attached hydrogen (secondary N) is 2. The van der Waals surface area contributed by atoms with Crippen molar-refractivity contribution < 1.29 is 26.4 Å². The van der Waals surface area contributed by atoms with Gasteiger partial charge in [-0.3, -0.25) is 9.52 Å². The van der Waals surface area contributed by atoms with Crippen molar-refractivity contribution in [2.75, 3.05) is 11.3 Å². The molecule has 0 bridgehead atoms. The number of alkyl halides is 3. The Bertz CT molecular complexity index is 1160. The Balaban J connectivity index is 1.75. The van der Waals surface area contributed by atoms with Crippen molar-refractivity contribution in [2.45, 2.75) is 11.1 Å². The molecule has 0 saturated carbocycles. The maximum atomic E-state index is 12.6. The van der Waals surface area contributed by atoms with Crippen LogP contribution in [-0.4, -0.2) is 47.3 Å². The summed E-state index contributed by atoms with van der Waals surface area (Å²) in [6, 6.07) is 10.9. The van der Waals surface area contributed by atoms with Crippen molar-refractivity contribution in [1.82, 2.24) is 25.5 Å². The first-order valence-electron chi connectivity index (χ1n) is 8.36. The van der Waals surface area contributed by atoms with Gasteiger partial charge in [-0.1, -0.05) is 12.1 Å². The van der Waals surface area contributed by atoms with E-state index in [0.29, 0.717) is 11.4 Å². The number of carbonyl (C=O) groups excluding carboxylic acids is 1. The van der Waals surface area contributed by atoms with Crippen molar-refractivity contribution >= 4 is 21.6 Å². The van der Waals surface area contributed by atoms with Gasteiger partial charge in [0.15, 0.2) is 5.82 Å². The van der Waals surface area contributed by atoms with Gasteiger partial charge in [0, 0.05) is 23.9 Å². The molecule has 3 aromatic rings. The molecule has 2 N–H and O–H groups in total. The normalized spacial score (nSPS) is 11.9. The third kappa shape index (κ3) is 5.11. The van der Waals surface area contributed by atoms with Crippen LogP contribution in [0, 0.1) is 0 Å². The molecule has 0 fully saturated rings. The van der Waals surface area contributed by atoms with Gasteiger partial charge in [0.25, 0.3) is 15.9 Å². The lowest BCUT2D eigenvalue weighted by Crippen LogP contribution is -2.33. The van der Waals surface area contributed by atoms with Crippen LogP contribution in [0.1, 0.15) is 10.4 Å².